The van der Waals surface area contributed by atoms with Crippen LogP contribution in [0.3, 0.4) is 0 Å². The molecule has 0 unspecified atom stereocenters. The summed E-state index contributed by atoms with van der Waals surface area (Å²) < 4.78 is 33.6. The van der Waals surface area contributed by atoms with E-state index in [1.165, 1.54) is 0 Å². The minimum absolute atomic E-state index is 0.0965. The van der Waals surface area contributed by atoms with Crippen LogP contribution in [-0.4, -0.2) is 13.0 Å². The van der Waals surface area contributed by atoms with Crippen molar-refractivity contribution in [3.05, 3.63) is 64.6 Å². The molecule has 3 aromatic rings. The summed E-state index contributed by atoms with van der Waals surface area (Å²) in [5, 5.41) is 1.16. The topological polar surface area (TPSA) is 54.4 Å². The van der Waals surface area contributed by atoms with Gasteiger partial charge in [-0.2, -0.15) is 8.42 Å². The van der Waals surface area contributed by atoms with Crippen LogP contribution in [0.15, 0.2) is 59.5 Å². The van der Waals surface area contributed by atoms with Crippen molar-refractivity contribution in [2.75, 3.05) is 0 Å². The van der Waals surface area contributed by atoms with Crippen molar-refractivity contribution in [3.63, 3.8) is 0 Å². The van der Waals surface area contributed by atoms with Gasteiger partial charge in [0.25, 0.3) is 10.1 Å². The van der Waals surface area contributed by atoms with Gasteiger partial charge in [0, 0.05) is 16.3 Å². The molecule has 0 fully saturated rings. The molecule has 0 aromatic heterocycles. The average Bonchev–Trinajstić information content (AvgIpc) is 2.50. The molecule has 3 nitrogen and oxygen atoms in total. The zero-order chi connectivity index (χ0) is 15.9. The Bertz CT molecular complexity index is 968. The van der Waals surface area contributed by atoms with Crippen molar-refractivity contribution in [3.8, 4) is 11.1 Å². The molecule has 1 N–H and O–H groups in total. The van der Waals surface area contributed by atoms with E-state index < -0.39 is 10.1 Å². The van der Waals surface area contributed by atoms with E-state index in [4.69, 9.17) is 23.2 Å². The summed E-state index contributed by atoms with van der Waals surface area (Å²) in [5.74, 6) is 0. The number of rotatable bonds is 2. The van der Waals surface area contributed by atoms with Gasteiger partial charge >= 0.3 is 0 Å². The van der Waals surface area contributed by atoms with Gasteiger partial charge in [0.15, 0.2) is 0 Å². The molecule has 0 saturated heterocycles. The Morgan fingerprint density at radius 3 is 1.91 bits per heavy atom. The first-order valence-electron chi connectivity index (χ1n) is 6.34. The van der Waals surface area contributed by atoms with Crippen LogP contribution < -0.4 is 0 Å². The highest BCUT2D eigenvalue weighted by atomic mass is 35.5. The fraction of sp³-hybridized carbons (Fsp3) is 0. The average molecular weight is 353 g/mol. The van der Waals surface area contributed by atoms with Gasteiger partial charge in [-0.3, -0.25) is 4.55 Å². The predicted molar refractivity (Wildman–Crippen MR) is 89.2 cm³/mol. The molecule has 0 saturated carbocycles. The molecule has 6 heteroatoms. The van der Waals surface area contributed by atoms with Crippen LogP contribution >= 0.6 is 23.2 Å². The van der Waals surface area contributed by atoms with Crippen molar-refractivity contribution >= 4 is 44.1 Å². The second-order valence-electron chi connectivity index (χ2n) is 4.72. The van der Waals surface area contributed by atoms with Gasteiger partial charge in [-0.15, -0.1) is 0 Å². The van der Waals surface area contributed by atoms with Crippen molar-refractivity contribution in [2.24, 2.45) is 0 Å². The molecule has 0 amide bonds. The van der Waals surface area contributed by atoms with E-state index in [2.05, 4.69) is 0 Å². The first kappa shape index (κ1) is 15.3. The first-order valence-corrected chi connectivity index (χ1v) is 8.53. The van der Waals surface area contributed by atoms with Crippen LogP contribution in [0, 0.1) is 0 Å². The van der Waals surface area contributed by atoms with E-state index >= 15 is 0 Å². The molecule has 3 aromatic carbocycles. The quantitative estimate of drug-likeness (QED) is 0.655. The van der Waals surface area contributed by atoms with Gasteiger partial charge in [0.05, 0.1) is 10.0 Å². The summed E-state index contributed by atoms with van der Waals surface area (Å²) in [7, 11) is -4.49. The molecular weight excluding hydrogens is 343 g/mol. The summed E-state index contributed by atoms with van der Waals surface area (Å²) in [5.41, 5.74) is 0.765. The Kier molecular flexibility index (Phi) is 3.87. The highest BCUT2D eigenvalue weighted by Gasteiger charge is 2.25. The molecule has 0 bridgehead atoms. The van der Waals surface area contributed by atoms with E-state index in [1.54, 1.807) is 54.6 Å². The lowest BCUT2D eigenvalue weighted by Gasteiger charge is -2.15. The minimum Gasteiger partial charge on any atom is -0.282 e. The normalized spacial score (nSPS) is 11.8. The van der Waals surface area contributed by atoms with E-state index in [9.17, 15) is 13.0 Å². The smallest absolute Gasteiger partial charge is 0.282 e. The zero-order valence-corrected chi connectivity index (χ0v) is 13.5. The molecule has 0 spiro atoms. The van der Waals surface area contributed by atoms with Crippen LogP contribution in [0.2, 0.25) is 10.0 Å². The number of halogens is 2. The molecule has 22 heavy (non-hydrogen) atoms. The second kappa shape index (κ2) is 5.56. The summed E-state index contributed by atoms with van der Waals surface area (Å²) in [6, 6.07) is 15.4. The Morgan fingerprint density at radius 2 is 1.32 bits per heavy atom. The monoisotopic (exact) mass is 352 g/mol. The van der Waals surface area contributed by atoms with Crippen LogP contribution in [-0.2, 0) is 10.1 Å². The molecule has 0 aliphatic heterocycles. The molecule has 3 rings (SSSR count). The Balaban J connectivity index is 2.59. The Hall–Kier alpha value is -1.59. The van der Waals surface area contributed by atoms with Gasteiger partial charge < -0.3 is 0 Å². The van der Waals surface area contributed by atoms with Crippen molar-refractivity contribution in [2.45, 2.75) is 4.90 Å². The maximum absolute atomic E-state index is 12.0. The first-order chi connectivity index (χ1) is 10.4. The number of fused-ring (bicyclic) bond motifs is 1. The zero-order valence-electron chi connectivity index (χ0n) is 11.1. The van der Waals surface area contributed by atoms with Gasteiger partial charge in [-0.05, 0) is 5.56 Å². The molecule has 0 atom stereocenters. The third-order valence-electron chi connectivity index (χ3n) is 3.37. The minimum atomic E-state index is -4.49. The fourth-order valence-corrected chi connectivity index (χ4v) is 4.02. The van der Waals surface area contributed by atoms with Crippen molar-refractivity contribution < 1.29 is 13.0 Å². The maximum Gasteiger partial charge on any atom is 0.295 e. The van der Waals surface area contributed by atoms with Crippen LogP contribution in [0.1, 0.15) is 0 Å². The van der Waals surface area contributed by atoms with Crippen LogP contribution in [0.4, 0.5) is 0 Å². The van der Waals surface area contributed by atoms with Gasteiger partial charge in [0.1, 0.15) is 4.90 Å². The Morgan fingerprint density at radius 1 is 0.773 bits per heavy atom. The second-order valence-corrected chi connectivity index (χ2v) is 6.83. The maximum atomic E-state index is 12.0. The highest BCUT2D eigenvalue weighted by Crippen LogP contribution is 2.44. The SMILES string of the molecule is O=S(=O)(O)c1c(-c2ccccc2)c(Cl)c(Cl)c2ccccc12. The summed E-state index contributed by atoms with van der Waals surface area (Å²) in [6.07, 6.45) is 0. The largest absolute Gasteiger partial charge is 0.295 e. The van der Waals surface area contributed by atoms with Crippen LogP contribution in [0.5, 0.6) is 0 Å². The lowest BCUT2D eigenvalue weighted by molar-refractivity contribution is 0.484. The van der Waals surface area contributed by atoms with E-state index in [1.807, 2.05) is 0 Å². The molecule has 112 valence electrons. The van der Waals surface area contributed by atoms with Crippen LogP contribution in [0.25, 0.3) is 21.9 Å². The lowest BCUT2D eigenvalue weighted by atomic mass is 10.0. The standard InChI is InChI=1S/C16H10Cl2O3S/c17-14-11-8-4-5-9-12(11)16(22(19,20)21)13(15(14)18)10-6-2-1-3-7-10/h1-9H,(H,19,20,21). The van der Waals surface area contributed by atoms with E-state index in [0.29, 0.717) is 16.3 Å². The Labute approximate surface area is 137 Å². The molecule has 0 heterocycles. The highest BCUT2D eigenvalue weighted by molar-refractivity contribution is 7.86. The van der Waals surface area contributed by atoms with Crippen molar-refractivity contribution in [1.82, 2.24) is 0 Å². The van der Waals surface area contributed by atoms with Gasteiger partial charge in [0.2, 0.25) is 0 Å². The lowest BCUT2D eigenvalue weighted by Crippen LogP contribution is -2.03. The number of hydrogen-bond donors (Lipinski definition) is 1. The summed E-state index contributed by atoms with van der Waals surface area (Å²) in [6.45, 7) is 0. The van der Waals surface area contributed by atoms with Gasteiger partial charge in [-0.1, -0.05) is 77.8 Å². The third-order valence-corrected chi connectivity index (χ3v) is 5.18. The predicted octanol–water partition coefficient (Wildman–Crippen LogP) is 5.06. The molecule has 0 radical (unpaired) electrons. The summed E-state index contributed by atoms with van der Waals surface area (Å²) >= 11 is 12.6. The van der Waals surface area contributed by atoms with E-state index in [-0.39, 0.29) is 20.5 Å². The molecule has 0 aliphatic rings. The van der Waals surface area contributed by atoms with E-state index in [0.717, 1.165) is 0 Å². The molecular formula is C16H10Cl2O3S. The number of hydrogen-bond acceptors (Lipinski definition) is 2. The third kappa shape index (κ3) is 2.48. The van der Waals surface area contributed by atoms with Gasteiger partial charge in [-0.25, -0.2) is 0 Å². The van der Waals surface area contributed by atoms with Crippen molar-refractivity contribution in [1.29, 1.82) is 0 Å². The molecule has 0 aliphatic carbocycles. The number of benzene rings is 3. The summed E-state index contributed by atoms with van der Waals surface area (Å²) in [4.78, 5) is -0.233. The fourth-order valence-electron chi connectivity index (χ4n) is 2.47.